The highest BCUT2D eigenvalue weighted by Crippen LogP contribution is 2.30. The maximum Gasteiger partial charge on any atom is 0.335 e. The summed E-state index contributed by atoms with van der Waals surface area (Å²) in [4.78, 5) is 23.3. The van der Waals surface area contributed by atoms with Gasteiger partial charge in [-0.1, -0.05) is 18.5 Å². The number of nitrogens with one attached hydrogen (secondary N) is 2. The molecule has 0 aromatic heterocycles. The summed E-state index contributed by atoms with van der Waals surface area (Å²) in [6.07, 6.45) is 1.51. The van der Waals surface area contributed by atoms with E-state index in [2.05, 4.69) is 10.6 Å². The zero-order valence-electron chi connectivity index (χ0n) is 11.2. The van der Waals surface area contributed by atoms with E-state index in [1.54, 1.807) is 6.07 Å². The molecule has 0 aliphatic carbocycles. The lowest BCUT2D eigenvalue weighted by atomic mass is 9.80. The lowest BCUT2D eigenvalue weighted by Crippen LogP contribution is -2.42. The number of carboxylic acids is 1. The maximum absolute atomic E-state index is 12.4. The van der Waals surface area contributed by atoms with Gasteiger partial charge in [0, 0.05) is 16.1 Å². The summed E-state index contributed by atoms with van der Waals surface area (Å²) >= 11 is 5.87. The van der Waals surface area contributed by atoms with Gasteiger partial charge in [-0.25, -0.2) is 4.79 Å². The van der Waals surface area contributed by atoms with Crippen molar-refractivity contribution in [3.05, 3.63) is 28.8 Å². The van der Waals surface area contributed by atoms with E-state index >= 15 is 0 Å². The molecular weight excluding hydrogens is 280 g/mol. The van der Waals surface area contributed by atoms with Gasteiger partial charge >= 0.3 is 5.97 Å². The minimum atomic E-state index is -1.07. The van der Waals surface area contributed by atoms with Gasteiger partial charge in [-0.05, 0) is 44.1 Å². The highest BCUT2D eigenvalue weighted by molar-refractivity contribution is 6.31. The van der Waals surface area contributed by atoms with Gasteiger partial charge in [-0.2, -0.15) is 0 Å². The summed E-state index contributed by atoms with van der Waals surface area (Å²) in [6, 6.07) is 4.32. The Morgan fingerprint density at radius 1 is 1.30 bits per heavy atom. The van der Waals surface area contributed by atoms with Crippen molar-refractivity contribution >= 4 is 29.2 Å². The third-order valence-electron chi connectivity index (χ3n) is 3.66. The number of halogens is 1. The van der Waals surface area contributed by atoms with E-state index in [4.69, 9.17) is 16.7 Å². The topological polar surface area (TPSA) is 78.4 Å². The quantitative estimate of drug-likeness (QED) is 0.800. The van der Waals surface area contributed by atoms with E-state index in [1.807, 2.05) is 6.92 Å². The molecule has 0 unspecified atom stereocenters. The summed E-state index contributed by atoms with van der Waals surface area (Å²) in [5.74, 6) is -1.17. The molecule has 6 heteroatoms. The second-order valence-corrected chi connectivity index (χ2v) is 5.73. The smallest absolute Gasteiger partial charge is 0.335 e. The molecule has 3 N–H and O–H groups in total. The van der Waals surface area contributed by atoms with E-state index in [9.17, 15) is 9.59 Å². The molecule has 1 heterocycles. The summed E-state index contributed by atoms with van der Waals surface area (Å²) in [7, 11) is 0. The van der Waals surface area contributed by atoms with Crippen LogP contribution < -0.4 is 10.6 Å². The standard InChI is InChI=1S/C14H17ClN2O3/c1-14(2-4-16-5-3-14)13(20)17-11-7-9(12(18)19)6-10(15)8-11/h6-8,16H,2-5H2,1H3,(H,17,20)(H,18,19). The van der Waals surface area contributed by atoms with E-state index < -0.39 is 11.4 Å². The Kier molecular flexibility index (Phi) is 4.30. The van der Waals surface area contributed by atoms with Crippen molar-refractivity contribution in [2.75, 3.05) is 18.4 Å². The van der Waals surface area contributed by atoms with Crippen molar-refractivity contribution in [2.45, 2.75) is 19.8 Å². The molecule has 1 amide bonds. The Balaban J connectivity index is 2.17. The summed E-state index contributed by atoms with van der Waals surface area (Å²) in [6.45, 7) is 3.53. The zero-order chi connectivity index (χ0) is 14.8. The molecule has 5 nitrogen and oxygen atoms in total. The van der Waals surface area contributed by atoms with Gasteiger partial charge in [-0.3, -0.25) is 4.79 Å². The number of hydrogen-bond acceptors (Lipinski definition) is 3. The van der Waals surface area contributed by atoms with Crippen LogP contribution in [0.5, 0.6) is 0 Å². The zero-order valence-corrected chi connectivity index (χ0v) is 12.0. The lowest BCUT2D eigenvalue weighted by Gasteiger charge is -2.32. The van der Waals surface area contributed by atoms with Gasteiger partial charge in [0.2, 0.25) is 5.91 Å². The van der Waals surface area contributed by atoms with Crippen LogP contribution in [0.2, 0.25) is 5.02 Å². The Hall–Kier alpha value is -1.59. The molecule has 1 fully saturated rings. The number of hydrogen-bond donors (Lipinski definition) is 3. The van der Waals surface area contributed by atoms with Crippen LogP contribution in [0.4, 0.5) is 5.69 Å². The fraction of sp³-hybridized carbons (Fsp3) is 0.429. The number of piperidine rings is 1. The average Bonchev–Trinajstić information content (AvgIpc) is 2.38. The van der Waals surface area contributed by atoms with Crippen molar-refractivity contribution in [1.29, 1.82) is 0 Å². The number of carboxylic acid groups (broad SMARTS) is 1. The summed E-state index contributed by atoms with van der Waals surface area (Å²) < 4.78 is 0. The van der Waals surface area contributed by atoms with Gasteiger partial charge in [0.05, 0.1) is 5.56 Å². The van der Waals surface area contributed by atoms with Crippen LogP contribution >= 0.6 is 11.6 Å². The van der Waals surface area contributed by atoms with E-state index in [1.165, 1.54) is 12.1 Å². The van der Waals surface area contributed by atoms with Crippen molar-refractivity contribution in [2.24, 2.45) is 5.41 Å². The predicted octanol–water partition coefficient (Wildman–Crippen LogP) is 2.37. The lowest BCUT2D eigenvalue weighted by molar-refractivity contribution is -0.126. The number of amides is 1. The molecule has 0 saturated carbocycles. The average molecular weight is 297 g/mol. The highest BCUT2D eigenvalue weighted by Gasteiger charge is 2.34. The van der Waals surface area contributed by atoms with E-state index in [0.717, 1.165) is 25.9 Å². The first-order valence-corrected chi connectivity index (χ1v) is 6.85. The summed E-state index contributed by atoms with van der Waals surface area (Å²) in [5, 5.41) is 15.3. The second-order valence-electron chi connectivity index (χ2n) is 5.30. The fourth-order valence-corrected chi connectivity index (χ4v) is 2.51. The number of aromatic carboxylic acids is 1. The molecule has 0 bridgehead atoms. The molecule has 20 heavy (non-hydrogen) atoms. The normalized spacial score (nSPS) is 17.5. The van der Waals surface area contributed by atoms with Crippen LogP contribution in [-0.2, 0) is 4.79 Å². The molecule has 2 rings (SSSR count). The first kappa shape index (κ1) is 14.8. The Labute approximate surface area is 122 Å². The van der Waals surface area contributed by atoms with Gasteiger partial charge in [0.15, 0.2) is 0 Å². The Bertz CT molecular complexity index is 539. The predicted molar refractivity (Wildman–Crippen MR) is 77.3 cm³/mol. The number of benzene rings is 1. The van der Waals surface area contributed by atoms with Crippen molar-refractivity contribution < 1.29 is 14.7 Å². The molecule has 1 aliphatic rings. The fourth-order valence-electron chi connectivity index (χ4n) is 2.27. The number of rotatable bonds is 3. The Morgan fingerprint density at radius 3 is 2.55 bits per heavy atom. The molecule has 108 valence electrons. The van der Waals surface area contributed by atoms with Crippen LogP contribution in [-0.4, -0.2) is 30.1 Å². The summed E-state index contributed by atoms with van der Waals surface area (Å²) in [5.41, 5.74) is 0.0414. The van der Waals surface area contributed by atoms with Crippen molar-refractivity contribution in [1.82, 2.24) is 5.32 Å². The first-order valence-electron chi connectivity index (χ1n) is 6.47. The SMILES string of the molecule is CC1(C(=O)Nc2cc(Cl)cc(C(=O)O)c2)CCNCC1. The van der Waals surface area contributed by atoms with Crippen LogP contribution in [0.15, 0.2) is 18.2 Å². The van der Waals surface area contributed by atoms with Crippen LogP contribution in [0.3, 0.4) is 0 Å². The Morgan fingerprint density at radius 2 is 1.95 bits per heavy atom. The van der Waals surface area contributed by atoms with Crippen LogP contribution in [0, 0.1) is 5.41 Å². The van der Waals surface area contributed by atoms with Crippen LogP contribution in [0.25, 0.3) is 0 Å². The minimum Gasteiger partial charge on any atom is -0.478 e. The molecule has 0 atom stereocenters. The number of carbonyl (C=O) groups is 2. The monoisotopic (exact) mass is 296 g/mol. The van der Waals surface area contributed by atoms with E-state index in [0.29, 0.717) is 5.69 Å². The number of anilines is 1. The van der Waals surface area contributed by atoms with Gasteiger partial charge in [-0.15, -0.1) is 0 Å². The second kappa shape index (κ2) is 5.81. The molecule has 1 aromatic rings. The number of carbonyl (C=O) groups excluding carboxylic acids is 1. The minimum absolute atomic E-state index is 0.0586. The van der Waals surface area contributed by atoms with E-state index in [-0.39, 0.29) is 16.5 Å². The highest BCUT2D eigenvalue weighted by atomic mass is 35.5. The molecular formula is C14H17ClN2O3. The van der Waals surface area contributed by atoms with Gasteiger partial charge in [0.1, 0.15) is 0 Å². The molecule has 0 radical (unpaired) electrons. The van der Waals surface area contributed by atoms with Crippen LogP contribution in [0.1, 0.15) is 30.1 Å². The van der Waals surface area contributed by atoms with Crippen molar-refractivity contribution in [3.8, 4) is 0 Å². The first-order chi connectivity index (χ1) is 9.40. The molecule has 1 aromatic carbocycles. The molecule has 1 aliphatic heterocycles. The third kappa shape index (κ3) is 3.29. The van der Waals surface area contributed by atoms with Crippen molar-refractivity contribution in [3.63, 3.8) is 0 Å². The third-order valence-corrected chi connectivity index (χ3v) is 3.88. The largest absolute Gasteiger partial charge is 0.478 e. The maximum atomic E-state index is 12.4. The van der Waals surface area contributed by atoms with Gasteiger partial charge < -0.3 is 15.7 Å². The molecule has 1 saturated heterocycles. The van der Waals surface area contributed by atoms with Gasteiger partial charge in [0.25, 0.3) is 0 Å². The molecule has 0 spiro atoms.